The second-order valence-electron chi connectivity index (χ2n) is 2.47. The molecule has 62 valence electrons. The smallest absolute Gasteiger partial charge is 0.163 e. The van der Waals surface area contributed by atoms with Crippen LogP contribution in [0.3, 0.4) is 0 Å². The Hall–Kier alpha value is -0.360. The van der Waals surface area contributed by atoms with Crippen LogP contribution in [0, 0.1) is 3.70 Å². The van der Waals surface area contributed by atoms with E-state index in [1.54, 1.807) is 0 Å². The van der Waals surface area contributed by atoms with Crippen LogP contribution in [0.25, 0.3) is 11.0 Å². The lowest BCUT2D eigenvalue weighted by Crippen LogP contribution is -1.93. The summed E-state index contributed by atoms with van der Waals surface area (Å²) < 4.78 is 3.10. The molecule has 0 aliphatic carbocycles. The topological polar surface area (TPSA) is 30.7 Å². The molecule has 5 heteroatoms. The van der Waals surface area contributed by atoms with Crippen LogP contribution in [-0.4, -0.2) is 14.8 Å². The Morgan fingerprint density at radius 3 is 2.92 bits per heavy atom. The Kier molecular flexibility index (Phi) is 1.96. The van der Waals surface area contributed by atoms with Crippen LogP contribution in [0.15, 0.2) is 12.1 Å². The first-order valence-electron chi connectivity index (χ1n) is 3.32. The molecule has 12 heavy (non-hydrogen) atoms. The van der Waals surface area contributed by atoms with Gasteiger partial charge in [-0.05, 0) is 34.7 Å². The molecular weight excluding hydrogens is 288 g/mol. The summed E-state index contributed by atoms with van der Waals surface area (Å²) in [7, 11) is 1.95. The van der Waals surface area contributed by atoms with Gasteiger partial charge in [-0.2, -0.15) is 0 Å². The molecule has 3 nitrogen and oxygen atoms in total. The van der Waals surface area contributed by atoms with Crippen LogP contribution < -0.4 is 0 Å². The molecule has 0 N–H and O–H groups in total. The molecule has 0 bridgehead atoms. The molecule has 0 amide bonds. The van der Waals surface area contributed by atoms with Crippen molar-refractivity contribution in [1.29, 1.82) is 0 Å². The lowest BCUT2D eigenvalue weighted by Gasteiger charge is -1.94. The zero-order valence-corrected chi connectivity index (χ0v) is 9.17. The van der Waals surface area contributed by atoms with E-state index < -0.39 is 0 Å². The first-order valence-corrected chi connectivity index (χ1v) is 4.78. The van der Waals surface area contributed by atoms with Crippen molar-refractivity contribution < 1.29 is 0 Å². The highest BCUT2D eigenvalue weighted by atomic mass is 127. The molecule has 0 aliphatic rings. The molecule has 2 aromatic rings. The third kappa shape index (κ3) is 1.19. The minimum atomic E-state index is 0.435. The highest BCUT2D eigenvalue weighted by Crippen LogP contribution is 2.19. The molecule has 0 saturated carbocycles. The van der Waals surface area contributed by atoms with E-state index in [1.807, 2.05) is 23.7 Å². The summed E-state index contributed by atoms with van der Waals surface area (Å²) >= 11 is 7.94. The predicted octanol–water partition coefficient (Wildman–Crippen LogP) is 2.23. The summed E-state index contributed by atoms with van der Waals surface area (Å²) in [5.41, 5.74) is 0.865. The molecular formula is C7H5ClIN3. The SMILES string of the molecule is Cn1c(I)cc2cc(Cl)nnc21. The summed E-state index contributed by atoms with van der Waals surface area (Å²) in [5, 5.41) is 9.21. The van der Waals surface area contributed by atoms with E-state index in [1.165, 1.54) is 0 Å². The van der Waals surface area contributed by atoms with Gasteiger partial charge in [-0.1, -0.05) is 11.6 Å². The van der Waals surface area contributed by atoms with Crippen LogP contribution in [0.4, 0.5) is 0 Å². The van der Waals surface area contributed by atoms with Gasteiger partial charge in [-0.3, -0.25) is 0 Å². The van der Waals surface area contributed by atoms with Gasteiger partial charge in [-0.25, -0.2) is 0 Å². The van der Waals surface area contributed by atoms with Crippen LogP contribution in [0.1, 0.15) is 0 Å². The van der Waals surface area contributed by atoms with Crippen molar-refractivity contribution in [2.45, 2.75) is 0 Å². The highest BCUT2D eigenvalue weighted by Gasteiger charge is 2.04. The maximum Gasteiger partial charge on any atom is 0.163 e. The quantitative estimate of drug-likeness (QED) is 0.697. The van der Waals surface area contributed by atoms with Crippen molar-refractivity contribution in [2.24, 2.45) is 7.05 Å². The van der Waals surface area contributed by atoms with Crippen molar-refractivity contribution in [3.05, 3.63) is 21.0 Å². The summed E-state index contributed by atoms with van der Waals surface area (Å²) in [6, 6.07) is 3.84. The van der Waals surface area contributed by atoms with Crippen molar-refractivity contribution in [3.63, 3.8) is 0 Å². The van der Waals surface area contributed by atoms with Crippen molar-refractivity contribution in [1.82, 2.24) is 14.8 Å². The van der Waals surface area contributed by atoms with Gasteiger partial charge in [-0.15, -0.1) is 10.2 Å². The average Bonchev–Trinajstić information content (AvgIpc) is 2.28. The monoisotopic (exact) mass is 293 g/mol. The Labute approximate surface area is 87.9 Å². The third-order valence-electron chi connectivity index (χ3n) is 1.69. The molecule has 0 aliphatic heterocycles. The van der Waals surface area contributed by atoms with Gasteiger partial charge in [0.15, 0.2) is 10.8 Å². The number of hydrogen-bond acceptors (Lipinski definition) is 2. The number of fused-ring (bicyclic) bond motifs is 1. The second kappa shape index (κ2) is 2.85. The molecule has 0 atom stereocenters. The molecule has 0 fully saturated rings. The Morgan fingerprint density at radius 1 is 1.42 bits per heavy atom. The van der Waals surface area contributed by atoms with Gasteiger partial charge in [0.1, 0.15) is 0 Å². The second-order valence-corrected chi connectivity index (χ2v) is 3.96. The molecule has 0 unspecified atom stereocenters. The van der Waals surface area contributed by atoms with Gasteiger partial charge in [0.2, 0.25) is 0 Å². The number of aromatic nitrogens is 3. The minimum absolute atomic E-state index is 0.435. The van der Waals surface area contributed by atoms with E-state index in [0.717, 1.165) is 14.7 Å². The van der Waals surface area contributed by atoms with Crippen molar-refractivity contribution in [2.75, 3.05) is 0 Å². The maximum absolute atomic E-state index is 5.69. The van der Waals surface area contributed by atoms with Crippen molar-refractivity contribution >= 4 is 45.2 Å². The van der Waals surface area contributed by atoms with E-state index in [-0.39, 0.29) is 0 Å². The number of aryl methyl sites for hydroxylation is 1. The normalized spacial score (nSPS) is 10.9. The lowest BCUT2D eigenvalue weighted by atomic mass is 10.4. The summed E-state index contributed by atoms with van der Waals surface area (Å²) in [6.45, 7) is 0. The number of rotatable bonds is 0. The van der Waals surface area contributed by atoms with Gasteiger partial charge in [0.05, 0.1) is 3.70 Å². The zero-order chi connectivity index (χ0) is 8.72. The van der Waals surface area contributed by atoms with Crippen LogP contribution in [0.5, 0.6) is 0 Å². The highest BCUT2D eigenvalue weighted by molar-refractivity contribution is 14.1. The summed E-state index contributed by atoms with van der Waals surface area (Å²) in [5.74, 6) is 0. The largest absolute Gasteiger partial charge is 0.322 e. The Bertz CT molecular complexity index is 437. The third-order valence-corrected chi connectivity index (χ3v) is 2.91. The summed E-state index contributed by atoms with van der Waals surface area (Å²) in [4.78, 5) is 0. The van der Waals surface area contributed by atoms with E-state index in [4.69, 9.17) is 11.6 Å². The fourth-order valence-electron chi connectivity index (χ4n) is 1.07. The van der Waals surface area contributed by atoms with E-state index in [2.05, 4.69) is 32.8 Å². The number of nitrogens with zero attached hydrogens (tertiary/aromatic N) is 3. The maximum atomic E-state index is 5.69. The zero-order valence-electron chi connectivity index (χ0n) is 6.25. The van der Waals surface area contributed by atoms with Crippen LogP contribution in [-0.2, 0) is 7.05 Å². The molecule has 0 spiro atoms. The van der Waals surface area contributed by atoms with E-state index in [9.17, 15) is 0 Å². The lowest BCUT2D eigenvalue weighted by molar-refractivity contribution is 0.895. The predicted molar refractivity (Wildman–Crippen MR) is 56.2 cm³/mol. The van der Waals surface area contributed by atoms with Gasteiger partial charge in [0.25, 0.3) is 0 Å². The molecule has 0 saturated heterocycles. The van der Waals surface area contributed by atoms with Crippen molar-refractivity contribution in [3.8, 4) is 0 Å². The molecule has 2 aromatic heterocycles. The first kappa shape index (κ1) is 8.25. The molecule has 2 rings (SSSR count). The van der Waals surface area contributed by atoms with Gasteiger partial charge in [0, 0.05) is 12.4 Å². The van der Waals surface area contributed by atoms with E-state index >= 15 is 0 Å². The average molecular weight is 293 g/mol. The number of hydrogen-bond donors (Lipinski definition) is 0. The van der Waals surface area contributed by atoms with Gasteiger partial charge >= 0.3 is 0 Å². The van der Waals surface area contributed by atoms with Crippen LogP contribution in [0.2, 0.25) is 5.15 Å². The molecule has 0 radical (unpaired) electrons. The standard InChI is InChI=1S/C7H5ClIN3/c1-12-6(9)3-4-2-5(8)10-11-7(4)12/h2-3H,1H3. The molecule has 0 aromatic carbocycles. The minimum Gasteiger partial charge on any atom is -0.322 e. The molecule has 2 heterocycles. The Balaban J connectivity index is 2.87. The van der Waals surface area contributed by atoms with Gasteiger partial charge < -0.3 is 4.57 Å². The fourth-order valence-corrected chi connectivity index (χ4v) is 1.79. The fraction of sp³-hybridized carbons (Fsp3) is 0.143. The number of halogens is 2. The van der Waals surface area contributed by atoms with Crippen LogP contribution >= 0.6 is 34.2 Å². The Morgan fingerprint density at radius 2 is 2.17 bits per heavy atom. The summed E-state index contributed by atoms with van der Waals surface area (Å²) in [6.07, 6.45) is 0. The van der Waals surface area contributed by atoms with E-state index in [0.29, 0.717) is 5.15 Å². The first-order chi connectivity index (χ1) is 5.68.